The van der Waals surface area contributed by atoms with E-state index in [4.69, 9.17) is 37.9 Å². The lowest BCUT2D eigenvalue weighted by atomic mass is 9.92. The van der Waals surface area contributed by atoms with Gasteiger partial charge in [-0.1, -0.05) is 147 Å². The molecule has 0 amide bonds. The molecule has 4 atom stereocenters. The van der Waals surface area contributed by atoms with E-state index in [0.29, 0.717) is 39.6 Å². The molecule has 0 saturated carbocycles. The second kappa shape index (κ2) is 46.1. The fourth-order valence-electron chi connectivity index (χ4n) is 13.4. The van der Waals surface area contributed by atoms with Crippen molar-refractivity contribution >= 4 is 23.9 Å². The number of unbranched alkanes of at least 4 members (excludes halogenated alkanes) is 2. The van der Waals surface area contributed by atoms with E-state index in [0.717, 1.165) is 140 Å². The molecule has 4 heterocycles. The third-order valence-electron chi connectivity index (χ3n) is 19.6. The topological polar surface area (TPSA) is 254 Å². The Kier molecular flexibility index (Phi) is 34.9. The number of carbonyl (C=O) groups excluding carboxylic acids is 4. The highest BCUT2D eigenvalue weighted by atomic mass is 16.5. The summed E-state index contributed by atoms with van der Waals surface area (Å²) in [4.78, 5) is 48.1. The summed E-state index contributed by atoms with van der Waals surface area (Å²) < 4.78 is 51.7. The number of carbonyl (C=O) groups is 4. The molecule has 118 heavy (non-hydrogen) atoms. The molecular formula is C96H112N8O14. The number of phenols is 2. The summed E-state index contributed by atoms with van der Waals surface area (Å²) in [6.07, 6.45) is 12.4. The quantitative estimate of drug-likeness (QED) is 0.0210. The molecule has 0 fully saturated rings. The number of nitrogens with zero attached hydrogens (tertiary/aromatic N) is 8. The van der Waals surface area contributed by atoms with Crippen LogP contribution >= 0.6 is 0 Å². The van der Waals surface area contributed by atoms with Crippen LogP contribution in [0.25, 0.3) is 22.3 Å². The van der Waals surface area contributed by atoms with Crippen LogP contribution in [-0.4, -0.2) is 113 Å². The van der Waals surface area contributed by atoms with Crippen LogP contribution in [0.4, 0.5) is 0 Å². The number of aromatic hydroxyl groups is 2. The van der Waals surface area contributed by atoms with E-state index < -0.39 is 0 Å². The van der Waals surface area contributed by atoms with E-state index in [-0.39, 0.29) is 84.7 Å². The Morgan fingerprint density at radius 2 is 0.695 bits per heavy atom. The van der Waals surface area contributed by atoms with E-state index >= 15 is 0 Å². The van der Waals surface area contributed by atoms with Gasteiger partial charge in [-0.3, -0.25) is 37.9 Å². The van der Waals surface area contributed by atoms with Crippen molar-refractivity contribution < 1.29 is 67.3 Å². The number of phenolic OH excluding ortho intramolecular Hbond substituents is 2. The predicted octanol–water partition coefficient (Wildman–Crippen LogP) is 18.9. The van der Waals surface area contributed by atoms with Crippen molar-refractivity contribution in [3.63, 3.8) is 0 Å². The van der Waals surface area contributed by atoms with Gasteiger partial charge in [0.25, 0.3) is 0 Å². The molecule has 0 aliphatic carbocycles. The van der Waals surface area contributed by atoms with Gasteiger partial charge in [0.15, 0.2) is 0 Å². The van der Waals surface area contributed by atoms with E-state index in [1.807, 2.05) is 139 Å². The van der Waals surface area contributed by atoms with Crippen LogP contribution in [-0.2, 0) is 79.5 Å². The zero-order chi connectivity index (χ0) is 84.3. The number of rotatable bonds is 36. The molecule has 0 spiro atoms. The standard InChI is InChI=1S/2C33H38N2O4.2C15H18N2O3/c1-5-7-20-38-32-17-8-24(3)21-30(32)27-11-9-25(10-12-27)23-39-28-15-13-26(14-16-28)29(22-33(36)37-6-2)31-18-19-35(4)34-31;1-5-7-20-38-32-17-8-24(3)21-30(32)27-11-9-25(10-12-27)23-39-28-15-13-26(14-16-28)29(22-33(36)37-6-2)31-18-19-34-35(31)4;1-3-20-15(19)10-13(14-8-9-17(2)16-14)11-4-6-12(18)7-5-11;1-3-20-15(19)10-13(14-8-9-16-17(14)2)11-4-6-12(18)7-5-11/h2*8-19,21,29H,5-7,20,22-23H2,1-4H3;2*4-9,13,18H,3,10H2,1-2H3. The smallest absolute Gasteiger partial charge is 0.306 e. The highest BCUT2D eigenvalue weighted by molar-refractivity contribution is 5.75. The summed E-state index contributed by atoms with van der Waals surface area (Å²) in [5, 5.41) is 36.1. The first-order valence-electron chi connectivity index (χ1n) is 40.4. The molecule has 22 heteroatoms. The van der Waals surface area contributed by atoms with Crippen molar-refractivity contribution in [1.82, 2.24) is 39.1 Å². The number of hydrogen-bond acceptors (Lipinski definition) is 18. The molecule has 12 aromatic rings. The maximum absolute atomic E-state index is 12.3. The van der Waals surface area contributed by atoms with Gasteiger partial charge < -0.3 is 48.1 Å². The fourth-order valence-corrected chi connectivity index (χ4v) is 13.4. The van der Waals surface area contributed by atoms with Crippen LogP contribution in [0.1, 0.15) is 184 Å². The van der Waals surface area contributed by atoms with E-state index in [9.17, 15) is 29.4 Å². The molecule has 0 radical (unpaired) electrons. The van der Waals surface area contributed by atoms with Gasteiger partial charge in [-0.25, -0.2) is 0 Å². The second-order valence-electron chi connectivity index (χ2n) is 28.5. The average molecular weight is 1600 g/mol. The van der Waals surface area contributed by atoms with Crippen LogP contribution in [0.3, 0.4) is 0 Å². The molecule has 620 valence electrons. The number of hydrogen-bond donors (Lipinski definition) is 2. The van der Waals surface area contributed by atoms with Crippen molar-refractivity contribution in [3.8, 4) is 56.8 Å². The molecule has 4 aromatic heterocycles. The Morgan fingerprint density at radius 1 is 0.373 bits per heavy atom. The molecule has 0 aliphatic rings. The third kappa shape index (κ3) is 27.2. The van der Waals surface area contributed by atoms with E-state index in [1.165, 1.54) is 11.1 Å². The van der Waals surface area contributed by atoms with Gasteiger partial charge >= 0.3 is 23.9 Å². The summed E-state index contributed by atoms with van der Waals surface area (Å²) in [6, 6.07) is 66.6. The normalized spacial score (nSPS) is 11.8. The van der Waals surface area contributed by atoms with E-state index in [1.54, 1.807) is 81.4 Å². The minimum atomic E-state index is -0.253. The second-order valence-corrected chi connectivity index (χ2v) is 28.5. The maximum atomic E-state index is 12.3. The minimum Gasteiger partial charge on any atom is -0.508 e. The Bertz CT molecular complexity index is 5050. The Balaban J connectivity index is 0.000000188. The molecule has 0 bridgehead atoms. The number of aromatic nitrogens is 8. The van der Waals surface area contributed by atoms with Crippen molar-refractivity contribution in [2.45, 2.75) is 144 Å². The summed E-state index contributed by atoms with van der Waals surface area (Å²) in [5.74, 6) is 2.20. The molecule has 4 unspecified atom stereocenters. The molecule has 8 aromatic carbocycles. The summed E-state index contributed by atoms with van der Waals surface area (Å²) >= 11 is 0. The van der Waals surface area contributed by atoms with Crippen molar-refractivity contribution in [2.75, 3.05) is 39.6 Å². The Morgan fingerprint density at radius 3 is 0.992 bits per heavy atom. The predicted molar refractivity (Wildman–Crippen MR) is 457 cm³/mol. The van der Waals surface area contributed by atoms with Gasteiger partial charge in [0.2, 0.25) is 0 Å². The van der Waals surface area contributed by atoms with Gasteiger partial charge in [-0.15, -0.1) is 0 Å². The third-order valence-corrected chi connectivity index (χ3v) is 19.6. The highest BCUT2D eigenvalue weighted by Gasteiger charge is 2.26. The monoisotopic (exact) mass is 1600 g/mol. The first-order valence-corrected chi connectivity index (χ1v) is 40.4. The fraction of sp³-hybridized carbons (Fsp3) is 0.333. The molecular weight excluding hydrogens is 1490 g/mol. The van der Waals surface area contributed by atoms with Crippen molar-refractivity contribution in [3.05, 3.63) is 298 Å². The number of ether oxygens (including phenoxy) is 8. The van der Waals surface area contributed by atoms with Gasteiger partial charge in [-0.05, 0) is 196 Å². The van der Waals surface area contributed by atoms with Crippen LogP contribution in [0.2, 0.25) is 0 Å². The number of aryl methyl sites for hydroxylation is 6. The summed E-state index contributed by atoms with van der Waals surface area (Å²) in [6.45, 7) is 19.6. The lowest BCUT2D eigenvalue weighted by molar-refractivity contribution is -0.144. The summed E-state index contributed by atoms with van der Waals surface area (Å²) in [7, 11) is 7.43. The molecule has 22 nitrogen and oxygen atoms in total. The van der Waals surface area contributed by atoms with Crippen molar-refractivity contribution in [1.29, 1.82) is 0 Å². The Labute approximate surface area is 693 Å². The first-order chi connectivity index (χ1) is 57.1. The van der Waals surface area contributed by atoms with Gasteiger partial charge in [0.1, 0.15) is 47.7 Å². The van der Waals surface area contributed by atoms with Crippen LogP contribution in [0.5, 0.6) is 34.5 Å². The molecule has 0 saturated heterocycles. The van der Waals surface area contributed by atoms with Crippen molar-refractivity contribution in [2.24, 2.45) is 28.2 Å². The highest BCUT2D eigenvalue weighted by Crippen LogP contribution is 2.37. The maximum Gasteiger partial charge on any atom is 0.306 e. The zero-order valence-electron chi connectivity index (χ0n) is 69.9. The van der Waals surface area contributed by atoms with Crippen LogP contribution in [0.15, 0.2) is 231 Å². The lowest BCUT2D eigenvalue weighted by Gasteiger charge is -2.18. The van der Waals surface area contributed by atoms with E-state index in [2.05, 4.69) is 133 Å². The lowest BCUT2D eigenvalue weighted by Crippen LogP contribution is -2.14. The molecule has 12 rings (SSSR count). The van der Waals surface area contributed by atoms with Gasteiger partial charge in [-0.2, -0.15) is 20.4 Å². The average Bonchev–Trinajstić information content (AvgIpc) is 1.51. The first kappa shape index (κ1) is 89.2. The van der Waals surface area contributed by atoms with Crippen LogP contribution < -0.4 is 18.9 Å². The number of esters is 4. The van der Waals surface area contributed by atoms with Crippen LogP contribution in [0, 0.1) is 13.8 Å². The number of benzene rings is 8. The minimum absolute atomic E-state index is 0.137. The SMILES string of the molecule is CCCCOc1ccc(C)cc1-c1ccc(COc2ccc(C(CC(=O)OCC)c3ccn(C)n3)cc2)cc1.CCCCOc1ccc(C)cc1-c1ccc(COc2ccc(C(CC(=O)OCC)c3ccnn3C)cc2)cc1.CCOC(=O)CC(c1ccc(O)cc1)c1ccn(C)n1.CCOC(=O)CC(c1ccc(O)cc1)c1ccnn1C. The summed E-state index contributed by atoms with van der Waals surface area (Å²) in [5.41, 5.74) is 16.5. The zero-order valence-corrected chi connectivity index (χ0v) is 69.9. The van der Waals surface area contributed by atoms with Gasteiger partial charge in [0, 0.05) is 99.2 Å². The Hall–Kier alpha value is -12.7. The molecule has 0 aliphatic heterocycles. The van der Waals surface area contributed by atoms with Gasteiger partial charge in [0.05, 0.1) is 76.7 Å². The molecule has 2 N–H and O–H groups in total. The largest absolute Gasteiger partial charge is 0.508 e.